The highest BCUT2D eigenvalue weighted by atomic mass is 16.5. The highest BCUT2D eigenvalue weighted by Crippen LogP contribution is 2.04. The van der Waals surface area contributed by atoms with Gasteiger partial charge in [0.2, 0.25) is 0 Å². The number of carbonyl (C=O) groups excluding carboxylic acids is 2. The van der Waals surface area contributed by atoms with E-state index in [1.54, 1.807) is 6.92 Å². The predicted octanol–water partition coefficient (Wildman–Crippen LogP) is 1.67. The van der Waals surface area contributed by atoms with E-state index in [4.69, 9.17) is 4.74 Å². The highest BCUT2D eigenvalue weighted by Gasteiger charge is 2.02. The molecule has 0 amide bonds. The van der Waals surface area contributed by atoms with Crippen molar-refractivity contribution in [1.29, 1.82) is 0 Å². The van der Waals surface area contributed by atoms with Gasteiger partial charge in [-0.2, -0.15) is 0 Å². The van der Waals surface area contributed by atoms with E-state index >= 15 is 0 Å². The maximum atomic E-state index is 10.9. The summed E-state index contributed by atoms with van der Waals surface area (Å²) >= 11 is 0. The van der Waals surface area contributed by atoms with E-state index in [-0.39, 0.29) is 11.9 Å². The SMILES string of the molecule is CCOC(=O)CCCCCC(=O)OC. The first-order valence-corrected chi connectivity index (χ1v) is 4.93. The van der Waals surface area contributed by atoms with E-state index in [9.17, 15) is 9.59 Å². The first-order chi connectivity index (χ1) is 6.70. The average Bonchev–Trinajstić information content (AvgIpc) is 2.17. The molecule has 0 fully saturated rings. The molecule has 0 aromatic carbocycles. The number of esters is 2. The number of methoxy groups -OCH3 is 1. The van der Waals surface area contributed by atoms with Crippen LogP contribution in [-0.4, -0.2) is 25.7 Å². The molecule has 0 saturated heterocycles. The smallest absolute Gasteiger partial charge is 0.305 e. The highest BCUT2D eigenvalue weighted by molar-refractivity contribution is 5.69. The van der Waals surface area contributed by atoms with Gasteiger partial charge in [-0.15, -0.1) is 0 Å². The lowest BCUT2D eigenvalue weighted by atomic mass is 10.1. The topological polar surface area (TPSA) is 52.6 Å². The van der Waals surface area contributed by atoms with Gasteiger partial charge >= 0.3 is 11.9 Å². The molecule has 4 nitrogen and oxygen atoms in total. The van der Waals surface area contributed by atoms with Crippen LogP contribution < -0.4 is 0 Å². The fourth-order valence-corrected chi connectivity index (χ4v) is 1.05. The second-order valence-corrected chi connectivity index (χ2v) is 2.94. The van der Waals surface area contributed by atoms with E-state index in [1.165, 1.54) is 7.11 Å². The van der Waals surface area contributed by atoms with Gasteiger partial charge in [-0.3, -0.25) is 9.59 Å². The van der Waals surface area contributed by atoms with Crippen molar-refractivity contribution in [3.8, 4) is 0 Å². The van der Waals surface area contributed by atoms with Crippen molar-refractivity contribution >= 4 is 11.9 Å². The summed E-state index contributed by atoms with van der Waals surface area (Å²) in [7, 11) is 1.38. The van der Waals surface area contributed by atoms with Crippen LogP contribution >= 0.6 is 0 Å². The zero-order valence-electron chi connectivity index (χ0n) is 8.88. The molecule has 0 aromatic heterocycles. The molecule has 0 aliphatic heterocycles. The fraction of sp³-hybridized carbons (Fsp3) is 0.800. The molecule has 0 aliphatic rings. The van der Waals surface area contributed by atoms with Crippen molar-refractivity contribution in [2.75, 3.05) is 13.7 Å². The summed E-state index contributed by atoms with van der Waals surface area (Å²) in [5.74, 6) is -0.355. The number of hydrogen-bond donors (Lipinski definition) is 0. The van der Waals surface area contributed by atoms with E-state index in [0.717, 1.165) is 19.3 Å². The van der Waals surface area contributed by atoms with Crippen LogP contribution in [0, 0.1) is 0 Å². The summed E-state index contributed by atoms with van der Waals surface area (Å²) in [4.78, 5) is 21.6. The van der Waals surface area contributed by atoms with Gasteiger partial charge < -0.3 is 9.47 Å². The molecule has 4 heteroatoms. The maximum absolute atomic E-state index is 10.9. The number of unbranched alkanes of at least 4 members (excludes halogenated alkanes) is 2. The summed E-state index contributed by atoms with van der Waals surface area (Å²) in [6, 6.07) is 0. The van der Waals surface area contributed by atoms with E-state index in [0.29, 0.717) is 19.4 Å². The maximum Gasteiger partial charge on any atom is 0.305 e. The molecule has 0 unspecified atom stereocenters. The lowest BCUT2D eigenvalue weighted by Gasteiger charge is -2.01. The van der Waals surface area contributed by atoms with Crippen molar-refractivity contribution in [3.05, 3.63) is 0 Å². The Hall–Kier alpha value is -1.06. The van der Waals surface area contributed by atoms with Crippen molar-refractivity contribution < 1.29 is 19.1 Å². The monoisotopic (exact) mass is 202 g/mol. The Bertz CT molecular complexity index is 177. The minimum absolute atomic E-state index is 0.162. The van der Waals surface area contributed by atoms with Crippen LogP contribution in [0.5, 0.6) is 0 Å². The van der Waals surface area contributed by atoms with E-state index in [1.807, 2.05) is 0 Å². The Kier molecular flexibility index (Phi) is 7.89. The molecule has 0 spiro atoms. The molecular formula is C10H18O4. The Morgan fingerprint density at radius 2 is 1.57 bits per heavy atom. The molecule has 0 aliphatic carbocycles. The van der Waals surface area contributed by atoms with Crippen LogP contribution in [0.4, 0.5) is 0 Å². The van der Waals surface area contributed by atoms with Crippen molar-refractivity contribution in [2.24, 2.45) is 0 Å². The van der Waals surface area contributed by atoms with E-state index < -0.39 is 0 Å². The van der Waals surface area contributed by atoms with Crippen molar-refractivity contribution in [3.63, 3.8) is 0 Å². The van der Waals surface area contributed by atoms with Crippen LogP contribution in [0.15, 0.2) is 0 Å². The number of ether oxygens (including phenoxy) is 2. The number of hydrogen-bond acceptors (Lipinski definition) is 4. The Balaban J connectivity index is 3.21. The van der Waals surface area contributed by atoms with Gasteiger partial charge in [-0.05, 0) is 19.8 Å². The molecule has 0 atom stereocenters. The minimum Gasteiger partial charge on any atom is -0.469 e. The summed E-state index contributed by atoms with van der Waals surface area (Å²) in [6.07, 6.45) is 3.27. The van der Waals surface area contributed by atoms with Gasteiger partial charge in [0.1, 0.15) is 0 Å². The van der Waals surface area contributed by atoms with Gasteiger partial charge in [0, 0.05) is 12.8 Å². The number of rotatable bonds is 7. The van der Waals surface area contributed by atoms with Crippen molar-refractivity contribution in [2.45, 2.75) is 39.0 Å². The molecule has 0 radical (unpaired) electrons. The third-order valence-electron chi connectivity index (χ3n) is 1.79. The fourth-order valence-electron chi connectivity index (χ4n) is 1.05. The van der Waals surface area contributed by atoms with Crippen LogP contribution in [0.25, 0.3) is 0 Å². The number of carbonyl (C=O) groups is 2. The molecule has 82 valence electrons. The van der Waals surface area contributed by atoms with Gasteiger partial charge in [-0.25, -0.2) is 0 Å². The minimum atomic E-state index is -0.193. The summed E-state index contributed by atoms with van der Waals surface area (Å²) in [5, 5.41) is 0. The predicted molar refractivity (Wildman–Crippen MR) is 51.7 cm³/mol. The average molecular weight is 202 g/mol. The van der Waals surface area contributed by atoms with Gasteiger partial charge in [0.15, 0.2) is 0 Å². The third-order valence-corrected chi connectivity index (χ3v) is 1.79. The van der Waals surface area contributed by atoms with Crippen LogP contribution in [0.3, 0.4) is 0 Å². The summed E-state index contributed by atoms with van der Waals surface area (Å²) in [5.41, 5.74) is 0. The molecule has 14 heavy (non-hydrogen) atoms. The van der Waals surface area contributed by atoms with Gasteiger partial charge in [0.25, 0.3) is 0 Å². The molecule has 0 N–H and O–H groups in total. The second kappa shape index (κ2) is 8.53. The largest absolute Gasteiger partial charge is 0.469 e. The molecule has 0 aromatic rings. The van der Waals surface area contributed by atoms with Crippen LogP contribution in [-0.2, 0) is 19.1 Å². The molecule has 0 saturated carbocycles. The van der Waals surface area contributed by atoms with Crippen LogP contribution in [0.1, 0.15) is 39.0 Å². The van der Waals surface area contributed by atoms with E-state index in [2.05, 4.69) is 4.74 Å². The first-order valence-electron chi connectivity index (χ1n) is 4.93. The molecule has 0 bridgehead atoms. The lowest BCUT2D eigenvalue weighted by molar-refractivity contribution is -0.143. The second-order valence-electron chi connectivity index (χ2n) is 2.94. The Morgan fingerprint density at radius 3 is 2.07 bits per heavy atom. The zero-order chi connectivity index (χ0) is 10.8. The Labute approximate surface area is 84.6 Å². The van der Waals surface area contributed by atoms with Crippen LogP contribution in [0.2, 0.25) is 0 Å². The van der Waals surface area contributed by atoms with Gasteiger partial charge in [0.05, 0.1) is 13.7 Å². The lowest BCUT2D eigenvalue weighted by Crippen LogP contribution is -2.04. The molecule has 0 heterocycles. The van der Waals surface area contributed by atoms with Gasteiger partial charge in [-0.1, -0.05) is 6.42 Å². The summed E-state index contributed by atoms with van der Waals surface area (Å²) in [6.45, 7) is 2.22. The zero-order valence-corrected chi connectivity index (χ0v) is 8.88. The normalized spacial score (nSPS) is 9.57. The molecular weight excluding hydrogens is 184 g/mol. The third kappa shape index (κ3) is 7.58. The molecule has 0 rings (SSSR count). The standard InChI is InChI=1S/C10H18O4/c1-3-14-10(12)8-6-4-5-7-9(11)13-2/h3-8H2,1-2H3. The first kappa shape index (κ1) is 12.9. The summed E-state index contributed by atoms with van der Waals surface area (Å²) < 4.78 is 9.25. The van der Waals surface area contributed by atoms with Crippen molar-refractivity contribution in [1.82, 2.24) is 0 Å². The quantitative estimate of drug-likeness (QED) is 0.465. The Morgan fingerprint density at radius 1 is 1.00 bits per heavy atom.